The average Bonchev–Trinajstić information content (AvgIpc) is 2.11. The van der Waals surface area contributed by atoms with Gasteiger partial charge in [-0.05, 0) is 18.1 Å². The summed E-state index contributed by atoms with van der Waals surface area (Å²) < 4.78 is 0. The van der Waals surface area contributed by atoms with Crippen molar-refractivity contribution in [2.75, 3.05) is 6.54 Å². The van der Waals surface area contributed by atoms with Crippen molar-refractivity contribution >= 4 is 11.6 Å². The first kappa shape index (κ1) is 10.4. The van der Waals surface area contributed by atoms with Crippen LogP contribution < -0.4 is 5.73 Å². The zero-order valence-electron chi connectivity index (χ0n) is 7.50. The Kier molecular flexibility index (Phi) is 3.66. The Bertz CT molecular complexity index is 291. The Morgan fingerprint density at radius 1 is 1.69 bits per heavy atom. The number of aromatic nitrogens is 1. The lowest BCUT2D eigenvalue weighted by Gasteiger charge is -2.07. The molecule has 0 radical (unpaired) electrons. The van der Waals surface area contributed by atoms with Gasteiger partial charge in [-0.25, -0.2) is 4.98 Å². The summed E-state index contributed by atoms with van der Waals surface area (Å²) in [6, 6.07) is 1.91. The molecule has 0 amide bonds. The molecule has 1 aromatic heterocycles. The molecule has 13 heavy (non-hydrogen) atoms. The molecule has 1 heterocycles. The SMILES string of the molecule is Cc1cc(CC(O)CN)cnc1Cl. The lowest BCUT2D eigenvalue weighted by Crippen LogP contribution is -2.22. The Morgan fingerprint density at radius 2 is 2.38 bits per heavy atom. The molecular formula is C9H13ClN2O. The van der Waals surface area contributed by atoms with Crippen LogP contribution in [-0.2, 0) is 6.42 Å². The maximum atomic E-state index is 9.29. The van der Waals surface area contributed by atoms with Crippen LogP contribution >= 0.6 is 11.6 Å². The summed E-state index contributed by atoms with van der Waals surface area (Å²) in [5.41, 5.74) is 7.17. The summed E-state index contributed by atoms with van der Waals surface area (Å²) in [6.07, 6.45) is 1.69. The molecule has 3 nitrogen and oxygen atoms in total. The van der Waals surface area contributed by atoms with Gasteiger partial charge >= 0.3 is 0 Å². The van der Waals surface area contributed by atoms with Crippen molar-refractivity contribution in [3.05, 3.63) is 28.5 Å². The smallest absolute Gasteiger partial charge is 0.131 e. The van der Waals surface area contributed by atoms with Gasteiger partial charge in [-0.1, -0.05) is 17.7 Å². The fourth-order valence-electron chi connectivity index (χ4n) is 1.08. The van der Waals surface area contributed by atoms with Crippen molar-refractivity contribution in [3.8, 4) is 0 Å². The molecule has 1 rings (SSSR count). The second-order valence-electron chi connectivity index (χ2n) is 3.04. The van der Waals surface area contributed by atoms with Gasteiger partial charge in [0.25, 0.3) is 0 Å². The minimum atomic E-state index is -0.498. The minimum absolute atomic E-state index is 0.266. The van der Waals surface area contributed by atoms with Crippen molar-refractivity contribution in [1.29, 1.82) is 0 Å². The van der Waals surface area contributed by atoms with Gasteiger partial charge in [-0.15, -0.1) is 0 Å². The molecule has 72 valence electrons. The van der Waals surface area contributed by atoms with Crippen LogP contribution in [0.3, 0.4) is 0 Å². The summed E-state index contributed by atoms with van der Waals surface area (Å²) in [7, 11) is 0. The monoisotopic (exact) mass is 200 g/mol. The summed E-state index contributed by atoms with van der Waals surface area (Å²) in [4.78, 5) is 3.98. The second-order valence-corrected chi connectivity index (χ2v) is 3.40. The Labute approximate surface area is 82.5 Å². The first-order valence-electron chi connectivity index (χ1n) is 4.12. The number of halogens is 1. The molecular weight excluding hydrogens is 188 g/mol. The van der Waals surface area contributed by atoms with E-state index in [1.807, 2.05) is 13.0 Å². The van der Waals surface area contributed by atoms with Gasteiger partial charge in [0.05, 0.1) is 6.10 Å². The first-order chi connectivity index (χ1) is 6.13. The molecule has 0 fully saturated rings. The number of hydrogen-bond donors (Lipinski definition) is 2. The zero-order chi connectivity index (χ0) is 9.84. The lowest BCUT2D eigenvalue weighted by atomic mass is 10.1. The predicted molar refractivity (Wildman–Crippen MR) is 52.7 cm³/mol. The fraction of sp³-hybridized carbons (Fsp3) is 0.444. The molecule has 0 bridgehead atoms. The molecule has 1 atom stereocenters. The predicted octanol–water partition coefficient (Wildman–Crippen LogP) is 0.906. The molecule has 0 saturated carbocycles. The number of pyridine rings is 1. The van der Waals surface area contributed by atoms with Gasteiger partial charge in [0.2, 0.25) is 0 Å². The van der Waals surface area contributed by atoms with Crippen LogP contribution in [0.15, 0.2) is 12.3 Å². The molecule has 0 aromatic carbocycles. The topological polar surface area (TPSA) is 59.1 Å². The van der Waals surface area contributed by atoms with Gasteiger partial charge in [0, 0.05) is 19.2 Å². The third-order valence-corrected chi connectivity index (χ3v) is 2.21. The Balaban J connectivity index is 2.73. The molecule has 0 saturated heterocycles. The molecule has 0 aliphatic heterocycles. The zero-order valence-corrected chi connectivity index (χ0v) is 8.25. The van der Waals surface area contributed by atoms with Crippen molar-refractivity contribution < 1.29 is 5.11 Å². The number of nitrogens with zero attached hydrogens (tertiary/aromatic N) is 1. The van der Waals surface area contributed by atoms with Crippen LogP contribution in [0.1, 0.15) is 11.1 Å². The molecule has 0 aliphatic carbocycles. The van der Waals surface area contributed by atoms with Crippen LogP contribution in [0.4, 0.5) is 0 Å². The maximum Gasteiger partial charge on any atom is 0.131 e. The van der Waals surface area contributed by atoms with Crippen LogP contribution in [0.2, 0.25) is 5.15 Å². The highest BCUT2D eigenvalue weighted by molar-refractivity contribution is 6.30. The Morgan fingerprint density at radius 3 is 2.92 bits per heavy atom. The molecule has 0 aliphatic rings. The largest absolute Gasteiger partial charge is 0.391 e. The molecule has 4 heteroatoms. The third-order valence-electron chi connectivity index (χ3n) is 1.81. The highest BCUT2D eigenvalue weighted by Crippen LogP contribution is 2.13. The molecule has 1 unspecified atom stereocenters. The van der Waals surface area contributed by atoms with Crippen molar-refractivity contribution in [2.45, 2.75) is 19.4 Å². The molecule has 3 N–H and O–H groups in total. The normalized spacial score (nSPS) is 12.9. The number of hydrogen-bond acceptors (Lipinski definition) is 3. The first-order valence-corrected chi connectivity index (χ1v) is 4.50. The molecule has 1 aromatic rings. The summed E-state index contributed by atoms with van der Waals surface area (Å²) in [5.74, 6) is 0. The van der Waals surface area contributed by atoms with E-state index in [2.05, 4.69) is 4.98 Å². The van der Waals surface area contributed by atoms with Crippen LogP contribution in [0.5, 0.6) is 0 Å². The third kappa shape index (κ3) is 2.95. The number of aryl methyl sites for hydroxylation is 1. The highest BCUT2D eigenvalue weighted by Gasteiger charge is 2.04. The quantitative estimate of drug-likeness (QED) is 0.713. The van der Waals surface area contributed by atoms with E-state index in [1.54, 1.807) is 6.20 Å². The van der Waals surface area contributed by atoms with E-state index >= 15 is 0 Å². The summed E-state index contributed by atoms with van der Waals surface area (Å²) in [5, 5.41) is 9.79. The van der Waals surface area contributed by atoms with E-state index in [0.29, 0.717) is 11.6 Å². The van der Waals surface area contributed by atoms with Crippen LogP contribution in [0, 0.1) is 6.92 Å². The highest BCUT2D eigenvalue weighted by atomic mass is 35.5. The Hall–Kier alpha value is -0.640. The number of nitrogens with two attached hydrogens (primary N) is 1. The number of rotatable bonds is 3. The maximum absolute atomic E-state index is 9.29. The standard InChI is InChI=1S/C9H13ClN2O/c1-6-2-7(3-8(13)4-11)5-12-9(6)10/h2,5,8,13H,3-4,11H2,1H3. The van der Waals surface area contributed by atoms with Crippen LogP contribution in [0.25, 0.3) is 0 Å². The van der Waals surface area contributed by atoms with Gasteiger partial charge in [0.1, 0.15) is 5.15 Å². The minimum Gasteiger partial charge on any atom is -0.391 e. The van der Waals surface area contributed by atoms with Gasteiger partial charge in [-0.3, -0.25) is 0 Å². The van der Waals surface area contributed by atoms with Crippen LogP contribution in [-0.4, -0.2) is 22.7 Å². The van der Waals surface area contributed by atoms with E-state index in [-0.39, 0.29) is 6.54 Å². The van der Waals surface area contributed by atoms with E-state index < -0.39 is 6.10 Å². The van der Waals surface area contributed by atoms with E-state index in [4.69, 9.17) is 17.3 Å². The van der Waals surface area contributed by atoms with E-state index in [1.165, 1.54) is 0 Å². The molecule has 0 spiro atoms. The van der Waals surface area contributed by atoms with Gasteiger partial charge in [-0.2, -0.15) is 0 Å². The van der Waals surface area contributed by atoms with E-state index in [9.17, 15) is 5.11 Å². The van der Waals surface area contributed by atoms with E-state index in [0.717, 1.165) is 11.1 Å². The van der Waals surface area contributed by atoms with Gasteiger partial charge < -0.3 is 10.8 Å². The average molecular weight is 201 g/mol. The van der Waals surface area contributed by atoms with Crippen molar-refractivity contribution in [1.82, 2.24) is 4.98 Å². The fourth-order valence-corrected chi connectivity index (χ4v) is 1.19. The van der Waals surface area contributed by atoms with Gasteiger partial charge in [0.15, 0.2) is 0 Å². The van der Waals surface area contributed by atoms with Crippen molar-refractivity contribution in [3.63, 3.8) is 0 Å². The summed E-state index contributed by atoms with van der Waals surface area (Å²) >= 11 is 5.75. The lowest BCUT2D eigenvalue weighted by molar-refractivity contribution is 0.183. The number of aliphatic hydroxyl groups excluding tert-OH is 1. The second kappa shape index (κ2) is 4.56. The number of aliphatic hydroxyl groups is 1. The summed E-state index contributed by atoms with van der Waals surface area (Å²) in [6.45, 7) is 2.15. The van der Waals surface area contributed by atoms with Crippen molar-refractivity contribution in [2.24, 2.45) is 5.73 Å².